The van der Waals surface area contributed by atoms with Gasteiger partial charge in [0.05, 0.1) is 12.5 Å². The van der Waals surface area contributed by atoms with Gasteiger partial charge >= 0.3 is 5.97 Å². The van der Waals surface area contributed by atoms with Crippen LogP contribution in [0.25, 0.3) is 0 Å². The second-order valence-corrected chi connectivity index (χ2v) is 13.6. The van der Waals surface area contributed by atoms with Gasteiger partial charge in [-0.2, -0.15) is 0 Å². The minimum atomic E-state index is -0.571. The number of unbranched alkanes of at least 4 members (excludes halogenated alkanes) is 17. The van der Waals surface area contributed by atoms with E-state index < -0.39 is 11.7 Å². The van der Waals surface area contributed by atoms with Crippen LogP contribution in [0, 0.1) is 0 Å². The molecule has 1 atom stereocenters. The first-order chi connectivity index (χ1) is 22.3. The standard InChI is InChI=1S/C24H44O3.C18H32O.2CH4/c1-5-6-7-8-9-10-11-12-13-14-15-16-17-18-19-20-22(25)21-23(26)27-24(2,3)4;1-2-3-4-5-6-7-8-9-10-11-12-13-14-15-16-17-18-19;;/h9-10,12-13,22,25H,5-8,11,14-21H2,1-4H3;6-7,9-10,18H,2-5,8,11-17H2,1H3;2*1H4/b10-9-,13-12-;7-6-,10-9-;;. The van der Waals surface area contributed by atoms with Gasteiger partial charge in [-0.1, -0.05) is 148 Å². The zero-order chi connectivity index (χ0) is 34.4. The van der Waals surface area contributed by atoms with Crippen LogP contribution in [-0.2, 0) is 14.3 Å². The molecule has 0 aromatic rings. The lowest BCUT2D eigenvalue weighted by atomic mass is 10.1. The number of carbonyl (C=O) groups excluding carboxylic acids is 2. The van der Waals surface area contributed by atoms with Crippen molar-refractivity contribution in [1.29, 1.82) is 0 Å². The Bertz CT molecular complexity index is 756. The third-order valence-electron chi connectivity index (χ3n) is 7.58. The van der Waals surface area contributed by atoms with Gasteiger partial charge < -0.3 is 14.6 Å². The van der Waals surface area contributed by atoms with Gasteiger partial charge in [-0.15, -0.1) is 0 Å². The summed E-state index contributed by atoms with van der Waals surface area (Å²) in [6.45, 7) is 10.0. The van der Waals surface area contributed by atoms with Crippen LogP contribution in [0.1, 0.15) is 210 Å². The minimum Gasteiger partial charge on any atom is -0.460 e. The molecule has 0 aromatic heterocycles. The zero-order valence-corrected chi connectivity index (χ0v) is 31.1. The number of hydrogen-bond donors (Lipinski definition) is 1. The van der Waals surface area contributed by atoms with Crippen molar-refractivity contribution in [3.8, 4) is 0 Å². The Hall–Kier alpha value is -1.94. The van der Waals surface area contributed by atoms with Gasteiger partial charge in [-0.25, -0.2) is 0 Å². The lowest BCUT2D eigenvalue weighted by Crippen LogP contribution is -2.26. The van der Waals surface area contributed by atoms with Crippen LogP contribution in [0.3, 0.4) is 0 Å². The molecule has 0 saturated heterocycles. The molecule has 48 heavy (non-hydrogen) atoms. The number of ether oxygens (including phenoxy) is 1. The molecule has 0 fully saturated rings. The molecule has 4 heteroatoms. The Morgan fingerprint density at radius 2 is 0.917 bits per heavy atom. The first-order valence-electron chi connectivity index (χ1n) is 19.2. The molecule has 0 aliphatic carbocycles. The summed E-state index contributed by atoms with van der Waals surface area (Å²) in [5.74, 6) is -0.308. The summed E-state index contributed by atoms with van der Waals surface area (Å²) < 4.78 is 5.23. The molecule has 0 rings (SSSR count). The fourth-order valence-electron chi connectivity index (χ4n) is 4.91. The molecule has 4 nitrogen and oxygen atoms in total. The summed E-state index contributed by atoms with van der Waals surface area (Å²) >= 11 is 0. The van der Waals surface area contributed by atoms with Gasteiger partial charge in [0.1, 0.15) is 11.9 Å². The van der Waals surface area contributed by atoms with Gasteiger partial charge in [0, 0.05) is 6.42 Å². The molecule has 0 aromatic carbocycles. The van der Waals surface area contributed by atoms with Crippen molar-refractivity contribution in [2.24, 2.45) is 0 Å². The van der Waals surface area contributed by atoms with E-state index in [1.165, 1.54) is 103 Å². The number of aliphatic hydroxyl groups excluding tert-OH is 1. The molecule has 0 bridgehead atoms. The summed E-state index contributed by atoms with van der Waals surface area (Å²) in [4.78, 5) is 21.8. The molecular weight excluding hydrogens is 592 g/mol. The van der Waals surface area contributed by atoms with E-state index in [-0.39, 0.29) is 27.2 Å². The molecular formula is C44H84O4. The Morgan fingerprint density at radius 1 is 0.562 bits per heavy atom. The van der Waals surface area contributed by atoms with Crippen LogP contribution in [0.2, 0.25) is 0 Å². The third kappa shape index (κ3) is 50.9. The molecule has 1 N–H and O–H groups in total. The van der Waals surface area contributed by atoms with Gasteiger partial charge in [0.2, 0.25) is 0 Å². The first kappa shape index (κ1) is 52.9. The van der Waals surface area contributed by atoms with Gasteiger partial charge in [-0.05, 0) is 97.8 Å². The normalized spacial score (nSPS) is 12.2. The van der Waals surface area contributed by atoms with E-state index in [4.69, 9.17) is 4.74 Å². The molecule has 0 spiro atoms. The van der Waals surface area contributed by atoms with E-state index in [0.29, 0.717) is 6.42 Å². The highest BCUT2D eigenvalue weighted by molar-refractivity contribution is 5.70. The highest BCUT2D eigenvalue weighted by Crippen LogP contribution is 2.14. The van der Waals surface area contributed by atoms with E-state index in [1.54, 1.807) is 0 Å². The SMILES string of the molecule is C.C.CCCCC/C=C\C/C=C\CCCCCCCC(O)CC(=O)OC(C)(C)C.CCCCC/C=C\C/C=C\CCCCCCCC=O. The molecule has 0 radical (unpaired) electrons. The Balaban J connectivity index is -0.000000409. The summed E-state index contributed by atoms with van der Waals surface area (Å²) in [5, 5.41) is 9.90. The average molecular weight is 677 g/mol. The monoisotopic (exact) mass is 677 g/mol. The quantitative estimate of drug-likeness (QED) is 0.0356. The van der Waals surface area contributed by atoms with Crippen molar-refractivity contribution in [2.45, 2.75) is 222 Å². The van der Waals surface area contributed by atoms with Gasteiger partial charge in [0.15, 0.2) is 0 Å². The number of aliphatic hydroxyl groups is 1. The fourth-order valence-corrected chi connectivity index (χ4v) is 4.91. The number of rotatable bonds is 30. The van der Waals surface area contributed by atoms with Crippen LogP contribution in [0.15, 0.2) is 48.6 Å². The minimum absolute atomic E-state index is 0. The fraction of sp³-hybridized carbons (Fsp3) is 0.773. The number of allylic oxidation sites excluding steroid dienone is 8. The van der Waals surface area contributed by atoms with E-state index >= 15 is 0 Å². The lowest BCUT2D eigenvalue weighted by molar-refractivity contribution is -0.157. The highest BCUT2D eigenvalue weighted by atomic mass is 16.6. The second kappa shape index (κ2) is 43.1. The maximum Gasteiger partial charge on any atom is 0.308 e. The molecule has 0 aliphatic heterocycles. The van der Waals surface area contributed by atoms with Crippen molar-refractivity contribution in [2.75, 3.05) is 0 Å². The topological polar surface area (TPSA) is 63.6 Å². The molecule has 0 amide bonds. The van der Waals surface area contributed by atoms with Crippen LogP contribution in [-0.4, -0.2) is 29.1 Å². The second-order valence-electron chi connectivity index (χ2n) is 13.6. The number of carbonyl (C=O) groups is 2. The van der Waals surface area contributed by atoms with Crippen molar-refractivity contribution in [3.05, 3.63) is 48.6 Å². The molecule has 0 saturated carbocycles. The third-order valence-corrected chi connectivity index (χ3v) is 7.58. The number of esters is 1. The van der Waals surface area contributed by atoms with E-state index in [0.717, 1.165) is 51.2 Å². The first-order valence-corrected chi connectivity index (χ1v) is 19.2. The Labute approximate surface area is 301 Å². The maximum absolute atomic E-state index is 11.6. The molecule has 1 unspecified atom stereocenters. The highest BCUT2D eigenvalue weighted by Gasteiger charge is 2.18. The van der Waals surface area contributed by atoms with Crippen molar-refractivity contribution in [1.82, 2.24) is 0 Å². The van der Waals surface area contributed by atoms with Crippen molar-refractivity contribution >= 4 is 12.3 Å². The molecule has 0 aliphatic rings. The predicted octanol–water partition coefficient (Wildman–Crippen LogP) is 14.2. The number of aldehydes is 1. The summed E-state index contributed by atoms with van der Waals surface area (Å²) in [6, 6.07) is 0. The van der Waals surface area contributed by atoms with Crippen LogP contribution >= 0.6 is 0 Å². The largest absolute Gasteiger partial charge is 0.460 e. The summed E-state index contributed by atoms with van der Waals surface area (Å²) in [7, 11) is 0. The van der Waals surface area contributed by atoms with Crippen molar-refractivity contribution < 1.29 is 19.4 Å². The predicted molar refractivity (Wildman–Crippen MR) is 215 cm³/mol. The van der Waals surface area contributed by atoms with Crippen LogP contribution in [0.4, 0.5) is 0 Å². The van der Waals surface area contributed by atoms with Crippen molar-refractivity contribution in [3.63, 3.8) is 0 Å². The average Bonchev–Trinajstić information content (AvgIpc) is 3.00. The Morgan fingerprint density at radius 3 is 1.29 bits per heavy atom. The van der Waals surface area contributed by atoms with Gasteiger partial charge in [0.25, 0.3) is 0 Å². The maximum atomic E-state index is 11.6. The zero-order valence-electron chi connectivity index (χ0n) is 31.1. The summed E-state index contributed by atoms with van der Waals surface area (Å²) in [5.41, 5.74) is -0.476. The van der Waals surface area contributed by atoms with Crippen LogP contribution < -0.4 is 0 Å². The number of hydrogen-bond acceptors (Lipinski definition) is 4. The van der Waals surface area contributed by atoms with E-state index in [9.17, 15) is 14.7 Å². The molecule has 284 valence electrons. The lowest BCUT2D eigenvalue weighted by Gasteiger charge is -2.20. The Kier molecular flexibility index (Phi) is 47.4. The van der Waals surface area contributed by atoms with E-state index in [1.807, 2.05) is 20.8 Å². The van der Waals surface area contributed by atoms with E-state index in [2.05, 4.69) is 62.5 Å². The smallest absolute Gasteiger partial charge is 0.308 e. The van der Waals surface area contributed by atoms with Gasteiger partial charge in [-0.3, -0.25) is 4.79 Å². The molecule has 0 heterocycles. The van der Waals surface area contributed by atoms with Crippen LogP contribution in [0.5, 0.6) is 0 Å². The summed E-state index contributed by atoms with van der Waals surface area (Å²) in [6.07, 6.45) is 47.1.